The van der Waals surface area contributed by atoms with E-state index in [-0.39, 0.29) is 18.6 Å². The largest absolute Gasteiger partial charge is 0.454 e. The first-order chi connectivity index (χ1) is 16.7. The maximum absolute atomic E-state index is 13.1. The fourth-order valence-corrected chi connectivity index (χ4v) is 3.27. The van der Waals surface area contributed by atoms with Crippen molar-refractivity contribution in [2.24, 2.45) is 0 Å². The average Bonchev–Trinajstić information content (AvgIpc) is 2.86. The van der Waals surface area contributed by atoms with E-state index in [0.29, 0.717) is 23.0 Å². The average molecular weight is 455 g/mol. The molecule has 172 valence electrons. The van der Waals surface area contributed by atoms with Crippen LogP contribution in [-0.2, 0) is 4.79 Å². The molecule has 0 radical (unpaired) electrons. The van der Waals surface area contributed by atoms with E-state index in [1.807, 2.05) is 121 Å². The van der Waals surface area contributed by atoms with Gasteiger partial charge in [0.15, 0.2) is 0 Å². The number of ketones is 1. The molecule has 0 atom stereocenters. The fourth-order valence-electron chi connectivity index (χ4n) is 3.27. The Morgan fingerprint density at radius 3 is 0.912 bits per heavy atom. The fraction of sp³-hybridized carbons (Fsp3) is 0.138. The first-order valence-electron chi connectivity index (χ1n) is 11.1. The Balaban J connectivity index is 1.45. The third-order valence-electron chi connectivity index (χ3n) is 4.83. The summed E-state index contributed by atoms with van der Waals surface area (Å²) >= 11 is 0. The van der Waals surface area contributed by atoms with E-state index in [0.717, 1.165) is 0 Å². The van der Waals surface area contributed by atoms with Gasteiger partial charge in [-0.15, -0.1) is 0 Å². The molecule has 0 amide bonds. The van der Waals surface area contributed by atoms with Crippen LogP contribution in [0.4, 0.5) is 0 Å². The standard InChI is InChI=1S/C29H26O5/c30-23(21-28(31-24-13-5-1-6-14-24)32-25-15-7-2-8-16-25)22-29(33-26-17-9-3-10-18-26)34-27-19-11-4-12-20-27/h1-20,28-29H,21-22H2. The van der Waals surface area contributed by atoms with Crippen LogP contribution in [0.2, 0.25) is 0 Å². The third kappa shape index (κ3) is 7.41. The summed E-state index contributed by atoms with van der Waals surface area (Å²) in [4.78, 5) is 13.1. The molecule has 0 bridgehead atoms. The summed E-state index contributed by atoms with van der Waals surface area (Å²) in [7, 11) is 0. The van der Waals surface area contributed by atoms with Crippen LogP contribution < -0.4 is 18.9 Å². The van der Waals surface area contributed by atoms with Crippen molar-refractivity contribution < 1.29 is 23.7 Å². The van der Waals surface area contributed by atoms with Gasteiger partial charge in [-0.1, -0.05) is 72.8 Å². The Morgan fingerprint density at radius 1 is 0.441 bits per heavy atom. The molecule has 0 fully saturated rings. The zero-order valence-corrected chi connectivity index (χ0v) is 18.7. The second-order valence-electron chi connectivity index (χ2n) is 7.53. The topological polar surface area (TPSA) is 54.0 Å². The van der Waals surface area contributed by atoms with E-state index in [9.17, 15) is 4.79 Å². The number of hydrogen-bond donors (Lipinski definition) is 0. The number of rotatable bonds is 12. The molecular formula is C29H26O5. The van der Waals surface area contributed by atoms with Crippen LogP contribution in [0, 0.1) is 0 Å². The molecule has 5 heteroatoms. The smallest absolute Gasteiger partial charge is 0.247 e. The van der Waals surface area contributed by atoms with Crippen LogP contribution in [0.15, 0.2) is 121 Å². The van der Waals surface area contributed by atoms with Gasteiger partial charge in [-0.05, 0) is 48.5 Å². The number of ether oxygens (including phenoxy) is 4. The molecule has 34 heavy (non-hydrogen) atoms. The van der Waals surface area contributed by atoms with Gasteiger partial charge in [0.05, 0.1) is 12.8 Å². The predicted molar refractivity (Wildman–Crippen MR) is 130 cm³/mol. The Labute approximate surface area is 199 Å². The van der Waals surface area contributed by atoms with Gasteiger partial charge in [0.25, 0.3) is 0 Å². The first-order valence-corrected chi connectivity index (χ1v) is 11.1. The summed E-state index contributed by atoms with van der Waals surface area (Å²) in [5, 5.41) is 0. The molecule has 0 saturated heterocycles. The van der Waals surface area contributed by atoms with Crippen LogP contribution in [-0.4, -0.2) is 18.4 Å². The highest BCUT2D eigenvalue weighted by Gasteiger charge is 2.23. The Kier molecular flexibility index (Phi) is 8.17. The van der Waals surface area contributed by atoms with Gasteiger partial charge in [0, 0.05) is 0 Å². The molecule has 0 aromatic heterocycles. The van der Waals surface area contributed by atoms with Crippen LogP contribution >= 0.6 is 0 Å². The summed E-state index contributed by atoms with van der Waals surface area (Å²) in [5.41, 5.74) is 0. The monoisotopic (exact) mass is 454 g/mol. The van der Waals surface area contributed by atoms with E-state index in [2.05, 4.69) is 0 Å². The minimum absolute atomic E-state index is 0.0244. The molecule has 0 heterocycles. The quantitative estimate of drug-likeness (QED) is 0.235. The van der Waals surface area contributed by atoms with Gasteiger partial charge in [0.1, 0.15) is 28.8 Å². The SMILES string of the molecule is O=C(CC(Oc1ccccc1)Oc1ccccc1)CC(Oc1ccccc1)Oc1ccccc1. The van der Waals surface area contributed by atoms with Crippen molar-refractivity contribution in [2.75, 3.05) is 0 Å². The molecule has 4 rings (SSSR count). The lowest BCUT2D eigenvalue weighted by atomic mass is 10.2. The highest BCUT2D eigenvalue weighted by atomic mass is 16.7. The van der Waals surface area contributed by atoms with Crippen molar-refractivity contribution in [1.29, 1.82) is 0 Å². The zero-order valence-electron chi connectivity index (χ0n) is 18.7. The van der Waals surface area contributed by atoms with E-state index in [1.54, 1.807) is 0 Å². The molecule has 4 aromatic rings. The number of Topliss-reactive ketones (excluding diaryl/α,β-unsaturated/α-hetero) is 1. The van der Waals surface area contributed by atoms with Crippen LogP contribution in [0.25, 0.3) is 0 Å². The molecular weight excluding hydrogens is 428 g/mol. The molecule has 0 aliphatic carbocycles. The van der Waals surface area contributed by atoms with E-state index >= 15 is 0 Å². The molecule has 0 unspecified atom stereocenters. The number of benzene rings is 4. The van der Waals surface area contributed by atoms with Gasteiger partial charge in [-0.25, -0.2) is 0 Å². The lowest BCUT2D eigenvalue weighted by molar-refractivity contribution is -0.129. The number of carbonyl (C=O) groups excluding carboxylic acids is 1. The van der Waals surface area contributed by atoms with Gasteiger partial charge < -0.3 is 18.9 Å². The van der Waals surface area contributed by atoms with Crippen LogP contribution in [0.1, 0.15) is 12.8 Å². The highest BCUT2D eigenvalue weighted by Crippen LogP contribution is 2.21. The van der Waals surface area contributed by atoms with Gasteiger partial charge >= 0.3 is 0 Å². The first kappa shape index (κ1) is 22.9. The van der Waals surface area contributed by atoms with Crippen molar-refractivity contribution in [2.45, 2.75) is 25.4 Å². The summed E-state index contributed by atoms with van der Waals surface area (Å²) < 4.78 is 23.9. The lowest BCUT2D eigenvalue weighted by Crippen LogP contribution is -2.32. The minimum atomic E-state index is -0.800. The molecule has 0 saturated carbocycles. The molecule has 0 N–H and O–H groups in total. The normalized spacial score (nSPS) is 10.6. The second kappa shape index (κ2) is 12.1. The molecule has 0 spiro atoms. The van der Waals surface area contributed by atoms with Gasteiger partial charge in [-0.2, -0.15) is 0 Å². The maximum Gasteiger partial charge on any atom is 0.247 e. The Morgan fingerprint density at radius 2 is 0.676 bits per heavy atom. The zero-order chi connectivity index (χ0) is 23.4. The number of hydrogen-bond acceptors (Lipinski definition) is 5. The predicted octanol–water partition coefficient (Wildman–Crippen LogP) is 6.30. The maximum atomic E-state index is 13.1. The minimum Gasteiger partial charge on any atom is -0.454 e. The molecule has 0 aliphatic heterocycles. The Hall–Kier alpha value is -4.25. The summed E-state index contributed by atoms with van der Waals surface area (Å²) in [5.74, 6) is 2.36. The lowest BCUT2D eigenvalue weighted by Gasteiger charge is -2.23. The van der Waals surface area contributed by atoms with Crippen LogP contribution in [0.3, 0.4) is 0 Å². The van der Waals surface area contributed by atoms with Crippen molar-refractivity contribution in [3.8, 4) is 23.0 Å². The van der Waals surface area contributed by atoms with E-state index in [1.165, 1.54) is 0 Å². The van der Waals surface area contributed by atoms with Crippen LogP contribution in [0.5, 0.6) is 23.0 Å². The van der Waals surface area contributed by atoms with E-state index in [4.69, 9.17) is 18.9 Å². The highest BCUT2D eigenvalue weighted by molar-refractivity contribution is 5.79. The van der Waals surface area contributed by atoms with Crippen molar-refractivity contribution >= 4 is 5.78 Å². The molecule has 5 nitrogen and oxygen atoms in total. The van der Waals surface area contributed by atoms with Gasteiger partial charge in [-0.3, -0.25) is 4.79 Å². The van der Waals surface area contributed by atoms with E-state index < -0.39 is 12.6 Å². The summed E-state index contributed by atoms with van der Waals surface area (Å²) in [6, 6.07) is 37.2. The molecule has 0 aliphatic rings. The van der Waals surface area contributed by atoms with Crippen molar-refractivity contribution in [3.63, 3.8) is 0 Å². The molecule has 4 aromatic carbocycles. The number of carbonyl (C=O) groups is 1. The van der Waals surface area contributed by atoms with Gasteiger partial charge in [0.2, 0.25) is 12.6 Å². The summed E-state index contributed by atoms with van der Waals surface area (Å²) in [6.07, 6.45) is -1.55. The van der Waals surface area contributed by atoms with Crippen molar-refractivity contribution in [3.05, 3.63) is 121 Å². The second-order valence-corrected chi connectivity index (χ2v) is 7.53. The summed E-state index contributed by atoms with van der Waals surface area (Å²) in [6.45, 7) is 0. The third-order valence-corrected chi connectivity index (χ3v) is 4.83. The number of para-hydroxylation sites is 4. The van der Waals surface area contributed by atoms with Crippen molar-refractivity contribution in [1.82, 2.24) is 0 Å². The Bertz CT molecular complexity index is 944.